The molecule has 0 aliphatic carbocycles. The lowest BCUT2D eigenvalue weighted by Crippen LogP contribution is -2.27. The van der Waals surface area contributed by atoms with E-state index in [1.165, 1.54) is 5.56 Å². The Morgan fingerprint density at radius 3 is 2.29 bits per heavy atom. The van der Waals surface area contributed by atoms with E-state index < -0.39 is 0 Å². The van der Waals surface area contributed by atoms with Gasteiger partial charge in [0.15, 0.2) is 0 Å². The summed E-state index contributed by atoms with van der Waals surface area (Å²) in [5.41, 5.74) is 1.25. The van der Waals surface area contributed by atoms with Gasteiger partial charge in [-0.2, -0.15) is 0 Å². The van der Waals surface area contributed by atoms with Crippen molar-refractivity contribution in [2.75, 3.05) is 26.9 Å². The maximum atomic E-state index is 5.68. The van der Waals surface area contributed by atoms with Gasteiger partial charge in [0.05, 0.1) is 19.3 Å². The first-order chi connectivity index (χ1) is 10.4. The van der Waals surface area contributed by atoms with Crippen LogP contribution in [0.2, 0.25) is 0 Å². The highest BCUT2D eigenvalue weighted by molar-refractivity contribution is 5.21. The maximum absolute atomic E-state index is 5.68. The van der Waals surface area contributed by atoms with Gasteiger partial charge in [0.25, 0.3) is 0 Å². The summed E-state index contributed by atoms with van der Waals surface area (Å²) in [4.78, 5) is 0. The van der Waals surface area contributed by atoms with Gasteiger partial charge < -0.3 is 14.8 Å². The van der Waals surface area contributed by atoms with Crippen molar-refractivity contribution in [3.63, 3.8) is 0 Å². The van der Waals surface area contributed by atoms with E-state index in [2.05, 4.69) is 29.6 Å². The molecule has 2 aromatic carbocycles. The molecule has 0 saturated heterocycles. The Balaban J connectivity index is 1.70. The second-order valence-corrected chi connectivity index (χ2v) is 4.89. The Labute approximate surface area is 126 Å². The van der Waals surface area contributed by atoms with E-state index in [0.29, 0.717) is 13.2 Å². The highest BCUT2D eigenvalue weighted by Gasteiger charge is 2.09. The lowest BCUT2D eigenvalue weighted by Gasteiger charge is -2.18. The molecule has 0 saturated carbocycles. The van der Waals surface area contributed by atoms with Crippen molar-refractivity contribution in [1.82, 2.24) is 5.32 Å². The fourth-order valence-corrected chi connectivity index (χ4v) is 2.18. The third kappa shape index (κ3) is 5.58. The van der Waals surface area contributed by atoms with Crippen LogP contribution in [-0.4, -0.2) is 26.9 Å². The normalized spacial score (nSPS) is 12.0. The molecule has 2 rings (SSSR count). The minimum Gasteiger partial charge on any atom is -0.494 e. The van der Waals surface area contributed by atoms with E-state index in [-0.39, 0.29) is 6.04 Å². The lowest BCUT2D eigenvalue weighted by molar-refractivity contribution is 0.165. The Kier molecular flexibility index (Phi) is 6.78. The number of hydrogen-bond donors (Lipinski definition) is 1. The molecule has 0 fully saturated rings. The van der Waals surface area contributed by atoms with E-state index in [9.17, 15) is 0 Å². The zero-order valence-electron chi connectivity index (χ0n) is 12.5. The molecule has 0 amide bonds. The van der Waals surface area contributed by atoms with Crippen LogP contribution in [0, 0.1) is 0 Å². The Morgan fingerprint density at radius 1 is 0.952 bits per heavy atom. The van der Waals surface area contributed by atoms with Gasteiger partial charge in [-0.25, -0.2) is 0 Å². The van der Waals surface area contributed by atoms with Crippen LogP contribution in [0.1, 0.15) is 18.0 Å². The largest absolute Gasteiger partial charge is 0.494 e. The predicted octanol–water partition coefficient (Wildman–Crippen LogP) is 3.43. The zero-order chi connectivity index (χ0) is 14.8. The molecule has 0 heterocycles. The van der Waals surface area contributed by atoms with Crippen LogP contribution in [0.4, 0.5) is 0 Å². The standard InChI is InChI=1S/C18H23NO2/c1-20-15-18(16-9-4-2-5-10-16)19-13-8-14-21-17-11-6-3-7-12-17/h2-7,9-12,18-19H,8,13-15H2,1H3. The zero-order valence-corrected chi connectivity index (χ0v) is 12.5. The number of rotatable bonds is 9. The van der Waals surface area contributed by atoms with E-state index in [0.717, 1.165) is 18.7 Å². The fourth-order valence-electron chi connectivity index (χ4n) is 2.18. The van der Waals surface area contributed by atoms with Crippen molar-refractivity contribution >= 4 is 0 Å². The predicted molar refractivity (Wildman–Crippen MR) is 85.6 cm³/mol. The summed E-state index contributed by atoms with van der Waals surface area (Å²) in [6, 6.07) is 20.5. The van der Waals surface area contributed by atoms with Gasteiger partial charge in [-0.1, -0.05) is 48.5 Å². The number of nitrogens with one attached hydrogen (secondary N) is 1. The maximum Gasteiger partial charge on any atom is 0.119 e. The van der Waals surface area contributed by atoms with E-state index in [1.807, 2.05) is 36.4 Å². The van der Waals surface area contributed by atoms with Gasteiger partial charge in [0, 0.05) is 7.11 Å². The van der Waals surface area contributed by atoms with Gasteiger partial charge >= 0.3 is 0 Å². The van der Waals surface area contributed by atoms with Crippen LogP contribution in [0.5, 0.6) is 5.75 Å². The molecule has 0 spiro atoms. The molecule has 112 valence electrons. The monoisotopic (exact) mass is 285 g/mol. The molecule has 3 heteroatoms. The van der Waals surface area contributed by atoms with E-state index in [1.54, 1.807) is 7.11 Å². The molecule has 1 unspecified atom stereocenters. The minimum atomic E-state index is 0.230. The smallest absolute Gasteiger partial charge is 0.119 e. The Bertz CT molecular complexity index is 487. The molecular formula is C18H23NO2. The van der Waals surface area contributed by atoms with Crippen molar-refractivity contribution in [3.8, 4) is 5.75 Å². The third-order valence-electron chi connectivity index (χ3n) is 3.26. The van der Waals surface area contributed by atoms with Crippen molar-refractivity contribution < 1.29 is 9.47 Å². The quantitative estimate of drug-likeness (QED) is 0.716. The molecule has 0 bridgehead atoms. The van der Waals surface area contributed by atoms with Crippen LogP contribution in [0.3, 0.4) is 0 Å². The lowest BCUT2D eigenvalue weighted by atomic mass is 10.1. The molecule has 1 atom stereocenters. The summed E-state index contributed by atoms with van der Waals surface area (Å²) in [5, 5.41) is 3.52. The molecule has 0 aromatic heterocycles. The Morgan fingerprint density at radius 2 is 1.62 bits per heavy atom. The molecule has 1 N–H and O–H groups in total. The van der Waals surface area contributed by atoms with Crippen LogP contribution >= 0.6 is 0 Å². The SMILES string of the molecule is COCC(NCCCOc1ccccc1)c1ccccc1. The van der Waals surface area contributed by atoms with Crippen molar-refractivity contribution in [1.29, 1.82) is 0 Å². The second-order valence-electron chi connectivity index (χ2n) is 4.89. The number of hydrogen-bond acceptors (Lipinski definition) is 3. The summed E-state index contributed by atoms with van der Waals surface area (Å²) in [7, 11) is 1.73. The number of para-hydroxylation sites is 1. The van der Waals surface area contributed by atoms with E-state index >= 15 is 0 Å². The van der Waals surface area contributed by atoms with Crippen LogP contribution in [0.25, 0.3) is 0 Å². The summed E-state index contributed by atoms with van der Waals surface area (Å²) in [5.74, 6) is 0.925. The van der Waals surface area contributed by atoms with Crippen molar-refractivity contribution in [3.05, 3.63) is 66.2 Å². The Hall–Kier alpha value is -1.84. The summed E-state index contributed by atoms with van der Waals surface area (Å²) < 4.78 is 11.0. The first-order valence-electron chi connectivity index (χ1n) is 7.35. The minimum absolute atomic E-state index is 0.230. The average molecular weight is 285 g/mol. The van der Waals surface area contributed by atoms with Gasteiger partial charge in [-0.15, -0.1) is 0 Å². The topological polar surface area (TPSA) is 30.5 Å². The molecular weight excluding hydrogens is 262 g/mol. The fraction of sp³-hybridized carbons (Fsp3) is 0.333. The van der Waals surface area contributed by atoms with Crippen molar-refractivity contribution in [2.45, 2.75) is 12.5 Å². The van der Waals surface area contributed by atoms with Crippen molar-refractivity contribution in [2.24, 2.45) is 0 Å². The summed E-state index contributed by atoms with van der Waals surface area (Å²) in [6.07, 6.45) is 0.960. The highest BCUT2D eigenvalue weighted by Crippen LogP contribution is 2.13. The molecule has 0 radical (unpaired) electrons. The first-order valence-corrected chi connectivity index (χ1v) is 7.35. The summed E-state index contributed by atoms with van der Waals surface area (Å²) >= 11 is 0. The third-order valence-corrected chi connectivity index (χ3v) is 3.26. The van der Waals surface area contributed by atoms with Gasteiger partial charge in [0.2, 0.25) is 0 Å². The summed E-state index contributed by atoms with van der Waals surface area (Å²) in [6.45, 7) is 2.28. The van der Waals surface area contributed by atoms with Crippen LogP contribution < -0.4 is 10.1 Å². The molecule has 0 aliphatic rings. The number of methoxy groups -OCH3 is 1. The van der Waals surface area contributed by atoms with Gasteiger partial charge in [-0.3, -0.25) is 0 Å². The van der Waals surface area contributed by atoms with Gasteiger partial charge in [0.1, 0.15) is 5.75 Å². The molecule has 0 aliphatic heterocycles. The second kappa shape index (κ2) is 9.16. The molecule has 2 aromatic rings. The number of ether oxygens (including phenoxy) is 2. The average Bonchev–Trinajstić information content (AvgIpc) is 2.55. The van der Waals surface area contributed by atoms with Crippen LogP contribution in [0.15, 0.2) is 60.7 Å². The molecule has 21 heavy (non-hydrogen) atoms. The van der Waals surface area contributed by atoms with E-state index in [4.69, 9.17) is 9.47 Å². The highest BCUT2D eigenvalue weighted by atomic mass is 16.5. The molecule has 3 nitrogen and oxygen atoms in total. The first kappa shape index (κ1) is 15.5. The number of benzene rings is 2. The van der Waals surface area contributed by atoms with Gasteiger partial charge in [-0.05, 0) is 30.7 Å². The van der Waals surface area contributed by atoms with Crippen LogP contribution in [-0.2, 0) is 4.74 Å².